The number of fused-ring (bicyclic) bond motifs is 2. The van der Waals surface area contributed by atoms with Gasteiger partial charge in [0.25, 0.3) is 0 Å². The fourth-order valence-electron chi connectivity index (χ4n) is 5.16. The second kappa shape index (κ2) is 8.23. The normalized spacial score (nSPS) is 19.3. The highest BCUT2D eigenvalue weighted by atomic mass is 32.1. The Balaban J connectivity index is 1.40. The van der Waals surface area contributed by atoms with E-state index in [-0.39, 0.29) is 0 Å². The lowest BCUT2D eigenvalue weighted by Crippen LogP contribution is -2.36. The number of rotatable bonds is 3. The quantitative estimate of drug-likeness (QED) is 0.387. The molecule has 0 N–H and O–H groups in total. The minimum Gasteiger partial charge on any atom is -0.355 e. The van der Waals surface area contributed by atoms with E-state index >= 15 is 0 Å². The van der Waals surface area contributed by atoms with Crippen molar-refractivity contribution < 1.29 is 0 Å². The molecule has 6 nitrogen and oxygen atoms in total. The van der Waals surface area contributed by atoms with Gasteiger partial charge in [-0.3, -0.25) is 0 Å². The van der Waals surface area contributed by atoms with Crippen LogP contribution < -0.4 is 4.90 Å². The molecule has 1 fully saturated rings. The molecule has 32 heavy (non-hydrogen) atoms. The highest BCUT2D eigenvalue weighted by Gasteiger charge is 2.30. The summed E-state index contributed by atoms with van der Waals surface area (Å²) in [5.74, 6) is 4.72. The molecule has 0 spiro atoms. The van der Waals surface area contributed by atoms with Crippen LogP contribution in [0.3, 0.4) is 0 Å². The van der Waals surface area contributed by atoms with E-state index in [9.17, 15) is 0 Å². The summed E-state index contributed by atoms with van der Waals surface area (Å²) < 4.78 is 2.42. The lowest BCUT2D eigenvalue weighted by molar-refractivity contribution is 0.464. The fourth-order valence-corrected chi connectivity index (χ4v) is 6.84. The lowest BCUT2D eigenvalue weighted by atomic mass is 9.96. The van der Waals surface area contributed by atoms with Gasteiger partial charge in [0, 0.05) is 36.9 Å². The Bertz CT molecular complexity index is 1260. The molecule has 4 aromatic rings. The van der Waals surface area contributed by atoms with Crippen LogP contribution in [0.1, 0.15) is 60.1 Å². The number of piperidine rings is 1. The minimum atomic E-state index is 0.401. The van der Waals surface area contributed by atoms with Crippen molar-refractivity contribution in [3.05, 3.63) is 39.6 Å². The fraction of sp³-hybridized carbons (Fsp3) is 0.500. The van der Waals surface area contributed by atoms with Crippen LogP contribution in [0, 0.1) is 13.8 Å². The minimum absolute atomic E-state index is 0.401. The highest BCUT2D eigenvalue weighted by molar-refractivity contribution is 7.19. The number of anilines is 1. The zero-order valence-corrected chi connectivity index (χ0v) is 20.3. The Morgan fingerprint density at radius 2 is 1.97 bits per heavy atom. The largest absolute Gasteiger partial charge is 0.355 e. The van der Waals surface area contributed by atoms with Crippen molar-refractivity contribution >= 4 is 38.7 Å². The van der Waals surface area contributed by atoms with E-state index < -0.39 is 0 Å². The summed E-state index contributed by atoms with van der Waals surface area (Å²) in [6.45, 7) is 7.45. The van der Waals surface area contributed by atoms with Gasteiger partial charge in [-0.1, -0.05) is 12.5 Å². The third kappa shape index (κ3) is 3.44. The zero-order chi connectivity index (χ0) is 21.7. The van der Waals surface area contributed by atoms with Crippen LogP contribution in [0.5, 0.6) is 0 Å². The maximum Gasteiger partial charge on any atom is 0.173 e. The smallest absolute Gasteiger partial charge is 0.173 e. The first-order valence-electron chi connectivity index (χ1n) is 11.7. The van der Waals surface area contributed by atoms with Crippen molar-refractivity contribution in [1.82, 2.24) is 24.7 Å². The van der Waals surface area contributed by atoms with Gasteiger partial charge in [0.15, 0.2) is 5.82 Å². The average Bonchev–Trinajstić information content (AvgIpc) is 3.50. The predicted molar refractivity (Wildman–Crippen MR) is 132 cm³/mol. The molecule has 4 aromatic heterocycles. The number of hydrogen-bond donors (Lipinski definition) is 0. The van der Waals surface area contributed by atoms with E-state index in [0.29, 0.717) is 5.92 Å². The van der Waals surface area contributed by atoms with E-state index in [0.717, 1.165) is 53.8 Å². The van der Waals surface area contributed by atoms with Crippen molar-refractivity contribution in [3.8, 4) is 10.7 Å². The number of aryl methyl sites for hydroxylation is 3. The molecule has 0 radical (unpaired) electrons. The topological polar surface area (TPSA) is 59.7 Å². The maximum atomic E-state index is 5.15. The molecular formula is C24H28N6S2. The molecule has 0 amide bonds. The zero-order valence-electron chi connectivity index (χ0n) is 18.7. The molecule has 6 heterocycles. The number of thiophene rings is 2. The molecule has 166 valence electrons. The van der Waals surface area contributed by atoms with Crippen molar-refractivity contribution in [2.45, 2.75) is 64.8 Å². The van der Waals surface area contributed by atoms with E-state index in [1.54, 1.807) is 22.7 Å². The summed E-state index contributed by atoms with van der Waals surface area (Å²) in [5, 5.41) is 12.6. The summed E-state index contributed by atoms with van der Waals surface area (Å²) in [6.07, 6.45) is 7.14. The summed E-state index contributed by atoms with van der Waals surface area (Å²) in [6, 6.07) is 4.19. The molecule has 2 aliphatic rings. The van der Waals surface area contributed by atoms with Gasteiger partial charge >= 0.3 is 0 Å². The number of aromatic nitrogens is 5. The highest BCUT2D eigenvalue weighted by Crippen LogP contribution is 2.39. The molecule has 6 rings (SSSR count). The molecule has 1 unspecified atom stereocenters. The predicted octanol–water partition coefficient (Wildman–Crippen LogP) is 5.74. The van der Waals surface area contributed by atoms with Gasteiger partial charge in [-0.25, -0.2) is 9.97 Å². The third-order valence-corrected chi connectivity index (χ3v) is 8.94. The lowest BCUT2D eigenvalue weighted by Gasteiger charge is -2.34. The Kier molecular flexibility index (Phi) is 5.22. The van der Waals surface area contributed by atoms with Gasteiger partial charge in [-0.15, -0.1) is 32.9 Å². The summed E-state index contributed by atoms with van der Waals surface area (Å²) in [7, 11) is 0. The maximum absolute atomic E-state index is 5.15. The van der Waals surface area contributed by atoms with Crippen molar-refractivity contribution in [1.29, 1.82) is 0 Å². The summed E-state index contributed by atoms with van der Waals surface area (Å²) in [5.41, 5.74) is 1.32. The van der Waals surface area contributed by atoms with Gasteiger partial charge in [0.05, 0.1) is 10.3 Å². The van der Waals surface area contributed by atoms with Gasteiger partial charge < -0.3 is 9.47 Å². The van der Waals surface area contributed by atoms with E-state index in [4.69, 9.17) is 15.1 Å². The Morgan fingerprint density at radius 1 is 1.03 bits per heavy atom. The monoisotopic (exact) mass is 464 g/mol. The van der Waals surface area contributed by atoms with Crippen molar-refractivity contribution in [2.24, 2.45) is 0 Å². The van der Waals surface area contributed by atoms with Crippen LogP contribution in [-0.2, 0) is 13.0 Å². The van der Waals surface area contributed by atoms with E-state index in [2.05, 4.69) is 45.9 Å². The molecule has 0 aromatic carbocycles. The first-order chi connectivity index (χ1) is 15.7. The van der Waals surface area contributed by atoms with Crippen LogP contribution in [0.25, 0.3) is 20.9 Å². The molecular weight excluding hydrogens is 436 g/mol. The van der Waals surface area contributed by atoms with Crippen LogP contribution in [-0.4, -0.2) is 37.8 Å². The molecule has 2 aliphatic heterocycles. The van der Waals surface area contributed by atoms with Crippen LogP contribution >= 0.6 is 22.7 Å². The Hall–Kier alpha value is -2.32. The van der Waals surface area contributed by atoms with Crippen LogP contribution in [0.2, 0.25) is 0 Å². The number of nitrogens with zero attached hydrogens (tertiary/aromatic N) is 6. The molecule has 0 aliphatic carbocycles. The van der Waals surface area contributed by atoms with Crippen LogP contribution in [0.15, 0.2) is 17.5 Å². The SMILES string of the molecule is Cc1sc2nc(-c3cccs3)nc(N3CCCC(c4nnc5n4CCCCC5)C3)c2c1C. The van der Waals surface area contributed by atoms with Gasteiger partial charge in [-0.05, 0) is 56.5 Å². The number of hydrogen-bond acceptors (Lipinski definition) is 7. The molecule has 1 atom stereocenters. The Morgan fingerprint density at radius 3 is 2.84 bits per heavy atom. The summed E-state index contributed by atoms with van der Waals surface area (Å²) in [4.78, 5) is 16.2. The Labute approximate surface area is 196 Å². The third-order valence-electron chi connectivity index (χ3n) is 6.98. The summed E-state index contributed by atoms with van der Waals surface area (Å²) >= 11 is 3.49. The standard InChI is InChI=1S/C24H28N6S2/c1-15-16(2)32-24-20(15)23(25-21(26-24)18-9-7-13-31-18)29-11-6-8-17(14-29)22-28-27-19-10-4-3-5-12-30(19)22/h7,9,13,17H,3-6,8,10-12,14H2,1-2H3. The second-order valence-corrected chi connectivity index (χ2v) is 11.2. The molecule has 1 saturated heterocycles. The van der Waals surface area contributed by atoms with Gasteiger partial charge in [0.1, 0.15) is 22.3 Å². The molecule has 0 bridgehead atoms. The van der Waals surface area contributed by atoms with Crippen molar-refractivity contribution in [2.75, 3.05) is 18.0 Å². The van der Waals surface area contributed by atoms with E-state index in [1.807, 2.05) is 0 Å². The van der Waals surface area contributed by atoms with Gasteiger partial charge in [0.2, 0.25) is 0 Å². The molecule has 0 saturated carbocycles. The second-order valence-electron chi connectivity index (χ2n) is 9.03. The molecule has 8 heteroatoms. The first kappa shape index (κ1) is 20.3. The van der Waals surface area contributed by atoms with Crippen molar-refractivity contribution in [3.63, 3.8) is 0 Å². The van der Waals surface area contributed by atoms with E-state index in [1.165, 1.54) is 53.2 Å². The average molecular weight is 465 g/mol. The first-order valence-corrected chi connectivity index (χ1v) is 13.4. The van der Waals surface area contributed by atoms with Gasteiger partial charge in [-0.2, -0.15) is 0 Å². The van der Waals surface area contributed by atoms with Crippen LogP contribution in [0.4, 0.5) is 5.82 Å².